The second kappa shape index (κ2) is 6.86. The lowest BCUT2D eigenvalue weighted by Gasteiger charge is -2.13. The van der Waals surface area contributed by atoms with Gasteiger partial charge in [-0.25, -0.2) is 9.97 Å². The number of aliphatic hydroxyl groups is 1. The summed E-state index contributed by atoms with van der Waals surface area (Å²) in [5.41, 5.74) is 1.59. The van der Waals surface area contributed by atoms with Crippen molar-refractivity contribution in [2.75, 3.05) is 11.9 Å². The normalized spacial score (nSPS) is 10.3. The number of rotatable bonds is 6. The second-order valence-electron chi connectivity index (χ2n) is 4.45. The lowest BCUT2D eigenvalue weighted by Crippen LogP contribution is -2.05. The molecule has 0 saturated heterocycles. The zero-order valence-electron chi connectivity index (χ0n) is 11.8. The highest BCUT2D eigenvalue weighted by atomic mass is 16.5. The first-order chi connectivity index (χ1) is 9.76. The molecule has 2 N–H and O–H groups in total. The summed E-state index contributed by atoms with van der Waals surface area (Å²) >= 11 is 0. The molecule has 0 atom stereocenters. The standard InChI is InChI=1S/C15H19N3O2/c1-3-8-16-14-11(2)15(18-10-17-14)20-13-7-5-4-6-12(13)9-19/h4-7,10,19H,3,8-9H2,1-2H3,(H,16,17,18). The predicted octanol–water partition coefficient (Wildman–Crippen LogP) is 2.89. The van der Waals surface area contributed by atoms with Crippen LogP contribution in [0.15, 0.2) is 30.6 Å². The highest BCUT2D eigenvalue weighted by molar-refractivity contribution is 5.49. The van der Waals surface area contributed by atoms with Crippen molar-refractivity contribution in [2.24, 2.45) is 0 Å². The minimum absolute atomic E-state index is 0.0682. The SMILES string of the molecule is CCCNc1ncnc(Oc2ccccc2CO)c1C. The van der Waals surface area contributed by atoms with Crippen molar-refractivity contribution in [2.45, 2.75) is 26.9 Å². The van der Waals surface area contributed by atoms with E-state index in [9.17, 15) is 5.11 Å². The van der Waals surface area contributed by atoms with Crippen LogP contribution in [0.2, 0.25) is 0 Å². The van der Waals surface area contributed by atoms with E-state index in [2.05, 4.69) is 22.2 Å². The Morgan fingerprint density at radius 2 is 2.05 bits per heavy atom. The molecule has 0 aliphatic carbocycles. The van der Waals surface area contributed by atoms with Crippen molar-refractivity contribution in [3.8, 4) is 11.6 Å². The number of anilines is 1. The molecule has 0 spiro atoms. The Balaban J connectivity index is 2.25. The van der Waals surface area contributed by atoms with Crippen molar-refractivity contribution in [1.82, 2.24) is 9.97 Å². The molecule has 20 heavy (non-hydrogen) atoms. The Morgan fingerprint density at radius 1 is 1.25 bits per heavy atom. The summed E-state index contributed by atoms with van der Waals surface area (Å²) in [6.07, 6.45) is 2.49. The Morgan fingerprint density at radius 3 is 2.80 bits per heavy atom. The molecule has 0 unspecified atom stereocenters. The summed E-state index contributed by atoms with van der Waals surface area (Å²) in [6.45, 7) is 4.79. The molecule has 5 heteroatoms. The molecule has 0 saturated carbocycles. The van der Waals surface area contributed by atoms with Crippen LogP contribution in [-0.4, -0.2) is 21.6 Å². The van der Waals surface area contributed by atoms with Gasteiger partial charge in [-0.1, -0.05) is 25.1 Å². The molecule has 5 nitrogen and oxygen atoms in total. The van der Waals surface area contributed by atoms with E-state index in [1.165, 1.54) is 6.33 Å². The molecule has 0 fully saturated rings. The van der Waals surface area contributed by atoms with Crippen molar-refractivity contribution >= 4 is 5.82 Å². The maximum atomic E-state index is 9.31. The van der Waals surface area contributed by atoms with Gasteiger partial charge < -0.3 is 15.2 Å². The fraction of sp³-hybridized carbons (Fsp3) is 0.333. The number of hydrogen-bond acceptors (Lipinski definition) is 5. The van der Waals surface area contributed by atoms with E-state index < -0.39 is 0 Å². The number of nitrogens with zero attached hydrogens (tertiary/aromatic N) is 2. The molecular formula is C15H19N3O2. The van der Waals surface area contributed by atoms with E-state index >= 15 is 0 Å². The van der Waals surface area contributed by atoms with Crippen LogP contribution in [0.4, 0.5) is 5.82 Å². The molecule has 0 radical (unpaired) electrons. The molecular weight excluding hydrogens is 254 g/mol. The third-order valence-electron chi connectivity index (χ3n) is 2.93. The van der Waals surface area contributed by atoms with Crippen LogP contribution in [-0.2, 0) is 6.61 Å². The van der Waals surface area contributed by atoms with Gasteiger partial charge >= 0.3 is 0 Å². The van der Waals surface area contributed by atoms with Crippen LogP contribution in [0.3, 0.4) is 0 Å². The van der Waals surface area contributed by atoms with E-state index in [0.29, 0.717) is 11.6 Å². The van der Waals surface area contributed by atoms with Crippen molar-refractivity contribution in [3.05, 3.63) is 41.7 Å². The second-order valence-corrected chi connectivity index (χ2v) is 4.45. The van der Waals surface area contributed by atoms with Crippen molar-refractivity contribution in [1.29, 1.82) is 0 Å². The van der Waals surface area contributed by atoms with Gasteiger partial charge in [-0.2, -0.15) is 0 Å². The number of para-hydroxylation sites is 1. The third-order valence-corrected chi connectivity index (χ3v) is 2.93. The topological polar surface area (TPSA) is 67.3 Å². The predicted molar refractivity (Wildman–Crippen MR) is 78.0 cm³/mol. The van der Waals surface area contributed by atoms with Gasteiger partial charge in [0.05, 0.1) is 12.2 Å². The van der Waals surface area contributed by atoms with E-state index in [1.54, 1.807) is 0 Å². The number of hydrogen-bond donors (Lipinski definition) is 2. The molecule has 2 aromatic rings. The largest absolute Gasteiger partial charge is 0.438 e. The lowest BCUT2D eigenvalue weighted by molar-refractivity contribution is 0.276. The summed E-state index contributed by atoms with van der Waals surface area (Å²) in [4.78, 5) is 8.37. The van der Waals surface area contributed by atoms with Gasteiger partial charge in [0.15, 0.2) is 0 Å². The maximum Gasteiger partial charge on any atom is 0.227 e. The zero-order chi connectivity index (χ0) is 14.4. The fourth-order valence-corrected chi connectivity index (χ4v) is 1.80. The van der Waals surface area contributed by atoms with Gasteiger partial charge in [0.1, 0.15) is 17.9 Å². The van der Waals surface area contributed by atoms with Crippen LogP contribution < -0.4 is 10.1 Å². The van der Waals surface area contributed by atoms with Crippen LogP contribution in [0, 0.1) is 6.92 Å². The fourth-order valence-electron chi connectivity index (χ4n) is 1.80. The highest BCUT2D eigenvalue weighted by Crippen LogP contribution is 2.28. The van der Waals surface area contributed by atoms with Gasteiger partial charge in [0, 0.05) is 12.1 Å². The minimum Gasteiger partial charge on any atom is -0.438 e. The van der Waals surface area contributed by atoms with Crippen molar-refractivity contribution in [3.63, 3.8) is 0 Å². The summed E-state index contributed by atoms with van der Waals surface area (Å²) in [7, 11) is 0. The molecule has 2 rings (SSSR count). The average Bonchev–Trinajstić information content (AvgIpc) is 2.48. The quantitative estimate of drug-likeness (QED) is 0.847. The lowest BCUT2D eigenvalue weighted by atomic mass is 10.2. The Kier molecular flexibility index (Phi) is 4.90. The van der Waals surface area contributed by atoms with Gasteiger partial charge in [-0.3, -0.25) is 0 Å². The first-order valence-electron chi connectivity index (χ1n) is 6.68. The van der Waals surface area contributed by atoms with Crippen LogP contribution >= 0.6 is 0 Å². The summed E-state index contributed by atoms with van der Waals surface area (Å²) < 4.78 is 5.80. The number of aliphatic hydroxyl groups excluding tert-OH is 1. The van der Waals surface area contributed by atoms with E-state index in [4.69, 9.17) is 4.74 Å². The van der Waals surface area contributed by atoms with Crippen LogP contribution in [0.5, 0.6) is 11.6 Å². The molecule has 0 bridgehead atoms. The Hall–Kier alpha value is -2.14. The molecule has 1 aromatic heterocycles. The van der Waals surface area contributed by atoms with E-state index in [0.717, 1.165) is 29.9 Å². The first-order valence-corrected chi connectivity index (χ1v) is 6.68. The molecule has 106 valence electrons. The third kappa shape index (κ3) is 3.24. The van der Waals surface area contributed by atoms with E-state index in [-0.39, 0.29) is 6.61 Å². The minimum atomic E-state index is -0.0682. The highest BCUT2D eigenvalue weighted by Gasteiger charge is 2.10. The van der Waals surface area contributed by atoms with Crippen LogP contribution in [0.1, 0.15) is 24.5 Å². The Labute approximate surface area is 118 Å². The van der Waals surface area contributed by atoms with E-state index in [1.807, 2.05) is 31.2 Å². The van der Waals surface area contributed by atoms with Gasteiger partial charge in [-0.05, 0) is 19.4 Å². The summed E-state index contributed by atoms with van der Waals surface area (Å²) in [5.74, 6) is 1.89. The number of nitrogens with one attached hydrogen (secondary N) is 1. The monoisotopic (exact) mass is 273 g/mol. The molecule has 1 heterocycles. The smallest absolute Gasteiger partial charge is 0.227 e. The maximum absolute atomic E-state index is 9.31. The molecule has 0 aliphatic heterocycles. The number of aromatic nitrogens is 2. The van der Waals surface area contributed by atoms with Gasteiger partial charge in [0.25, 0.3) is 0 Å². The average molecular weight is 273 g/mol. The summed E-state index contributed by atoms with van der Waals surface area (Å²) in [5, 5.41) is 12.5. The number of ether oxygens (including phenoxy) is 1. The van der Waals surface area contributed by atoms with Crippen molar-refractivity contribution < 1.29 is 9.84 Å². The first kappa shape index (κ1) is 14.3. The molecule has 1 aromatic carbocycles. The summed E-state index contributed by atoms with van der Waals surface area (Å²) in [6, 6.07) is 7.36. The van der Waals surface area contributed by atoms with Crippen LogP contribution in [0.25, 0.3) is 0 Å². The zero-order valence-corrected chi connectivity index (χ0v) is 11.8. The molecule has 0 aliphatic rings. The van der Waals surface area contributed by atoms with Gasteiger partial charge in [0.2, 0.25) is 5.88 Å². The van der Waals surface area contributed by atoms with Gasteiger partial charge in [-0.15, -0.1) is 0 Å². The Bertz CT molecular complexity index is 573. The number of benzene rings is 1. The molecule has 0 amide bonds.